The van der Waals surface area contributed by atoms with Gasteiger partial charge in [-0.2, -0.15) is 13.2 Å². The number of carboxylic acids is 1. The molecule has 24 heavy (non-hydrogen) atoms. The molecule has 0 aliphatic carbocycles. The molecule has 1 aromatic carbocycles. The predicted molar refractivity (Wildman–Crippen MR) is 76.0 cm³/mol. The molecule has 0 fully saturated rings. The highest BCUT2D eigenvalue weighted by atomic mass is 19.4. The molecule has 9 heteroatoms. The van der Waals surface area contributed by atoms with E-state index in [2.05, 4.69) is 10.1 Å². The molecule has 0 radical (unpaired) electrons. The SMILES string of the molecule is COC(=O)CC[C@H](NC(=O)Cc1ccc(C(F)(F)F)cc1)C(=O)O. The smallest absolute Gasteiger partial charge is 0.416 e. The summed E-state index contributed by atoms with van der Waals surface area (Å²) in [6.45, 7) is 0. The molecule has 0 saturated heterocycles. The van der Waals surface area contributed by atoms with Crippen LogP contribution in [-0.4, -0.2) is 36.1 Å². The van der Waals surface area contributed by atoms with Crippen LogP contribution in [0, 0.1) is 0 Å². The number of hydrogen-bond acceptors (Lipinski definition) is 4. The van der Waals surface area contributed by atoms with E-state index in [1.165, 1.54) is 0 Å². The van der Waals surface area contributed by atoms with Gasteiger partial charge < -0.3 is 15.2 Å². The molecule has 0 aliphatic rings. The average molecular weight is 347 g/mol. The monoisotopic (exact) mass is 347 g/mol. The van der Waals surface area contributed by atoms with Crippen LogP contribution >= 0.6 is 0 Å². The number of hydrogen-bond donors (Lipinski definition) is 2. The van der Waals surface area contributed by atoms with Crippen molar-refractivity contribution in [3.05, 3.63) is 35.4 Å². The molecule has 0 unspecified atom stereocenters. The van der Waals surface area contributed by atoms with Gasteiger partial charge in [0.05, 0.1) is 19.1 Å². The molecule has 0 aromatic heterocycles. The molecular weight excluding hydrogens is 331 g/mol. The first-order valence-corrected chi connectivity index (χ1v) is 6.88. The van der Waals surface area contributed by atoms with Crippen LogP contribution in [0.4, 0.5) is 13.2 Å². The number of amides is 1. The minimum absolute atomic E-state index is 0.152. The Bertz CT molecular complexity index is 598. The summed E-state index contributed by atoms with van der Waals surface area (Å²) < 4.78 is 41.7. The third-order valence-electron chi connectivity index (χ3n) is 3.14. The Labute approximate surface area is 135 Å². The van der Waals surface area contributed by atoms with Gasteiger partial charge in [0.2, 0.25) is 5.91 Å². The lowest BCUT2D eigenvalue weighted by molar-refractivity contribution is -0.144. The number of aliphatic carboxylic acids is 1. The van der Waals surface area contributed by atoms with E-state index < -0.39 is 35.6 Å². The van der Waals surface area contributed by atoms with Crippen LogP contribution in [-0.2, 0) is 31.7 Å². The van der Waals surface area contributed by atoms with Crippen LogP contribution in [0.2, 0.25) is 0 Å². The summed E-state index contributed by atoms with van der Waals surface area (Å²) in [7, 11) is 1.15. The Morgan fingerprint density at radius 2 is 1.79 bits per heavy atom. The summed E-state index contributed by atoms with van der Waals surface area (Å²) in [5, 5.41) is 11.2. The second-order valence-electron chi connectivity index (χ2n) is 4.94. The number of benzene rings is 1. The number of nitrogens with one attached hydrogen (secondary N) is 1. The zero-order chi connectivity index (χ0) is 18.3. The number of carbonyl (C=O) groups excluding carboxylic acids is 2. The second-order valence-corrected chi connectivity index (χ2v) is 4.94. The molecule has 0 saturated carbocycles. The predicted octanol–water partition coefficient (Wildman–Crippen LogP) is 1.77. The third kappa shape index (κ3) is 6.27. The molecule has 0 aliphatic heterocycles. The van der Waals surface area contributed by atoms with Gasteiger partial charge in [-0.05, 0) is 24.1 Å². The summed E-state index contributed by atoms with van der Waals surface area (Å²) in [5.74, 6) is -2.61. The number of ether oxygens (including phenoxy) is 1. The fourth-order valence-electron chi connectivity index (χ4n) is 1.86. The van der Waals surface area contributed by atoms with Crippen molar-refractivity contribution in [3.63, 3.8) is 0 Å². The van der Waals surface area contributed by atoms with E-state index in [1.807, 2.05) is 0 Å². The first-order valence-electron chi connectivity index (χ1n) is 6.88. The Morgan fingerprint density at radius 1 is 1.21 bits per heavy atom. The Morgan fingerprint density at radius 3 is 2.25 bits per heavy atom. The van der Waals surface area contributed by atoms with Crippen LogP contribution in [0.3, 0.4) is 0 Å². The average Bonchev–Trinajstić information content (AvgIpc) is 2.50. The van der Waals surface area contributed by atoms with Gasteiger partial charge in [0.15, 0.2) is 0 Å². The van der Waals surface area contributed by atoms with Crippen LogP contribution in [0.1, 0.15) is 24.0 Å². The molecule has 2 N–H and O–H groups in total. The van der Waals surface area contributed by atoms with Gasteiger partial charge in [-0.1, -0.05) is 12.1 Å². The third-order valence-corrected chi connectivity index (χ3v) is 3.14. The Hall–Kier alpha value is -2.58. The highest BCUT2D eigenvalue weighted by molar-refractivity contribution is 5.85. The lowest BCUT2D eigenvalue weighted by Gasteiger charge is -2.14. The maximum atomic E-state index is 12.4. The van der Waals surface area contributed by atoms with Crippen molar-refractivity contribution in [2.75, 3.05) is 7.11 Å². The van der Waals surface area contributed by atoms with Gasteiger partial charge >= 0.3 is 18.1 Å². The molecule has 1 amide bonds. The molecule has 0 bridgehead atoms. The zero-order valence-corrected chi connectivity index (χ0v) is 12.7. The van der Waals surface area contributed by atoms with E-state index in [1.54, 1.807) is 0 Å². The van der Waals surface area contributed by atoms with E-state index in [-0.39, 0.29) is 19.3 Å². The first kappa shape index (κ1) is 19.5. The van der Waals surface area contributed by atoms with Crippen molar-refractivity contribution in [2.45, 2.75) is 31.5 Å². The van der Waals surface area contributed by atoms with E-state index in [4.69, 9.17) is 5.11 Å². The Kier molecular flexibility index (Phi) is 6.75. The number of methoxy groups -OCH3 is 1. The van der Waals surface area contributed by atoms with E-state index in [9.17, 15) is 27.6 Å². The lowest BCUT2D eigenvalue weighted by atomic mass is 10.1. The fourth-order valence-corrected chi connectivity index (χ4v) is 1.86. The second kappa shape index (κ2) is 8.32. The van der Waals surface area contributed by atoms with Gasteiger partial charge in [-0.25, -0.2) is 4.79 Å². The van der Waals surface area contributed by atoms with E-state index in [0.29, 0.717) is 5.56 Å². The number of alkyl halides is 3. The lowest BCUT2D eigenvalue weighted by Crippen LogP contribution is -2.41. The molecule has 6 nitrogen and oxygen atoms in total. The molecule has 132 valence electrons. The molecular formula is C15H16F3NO5. The summed E-state index contributed by atoms with van der Waals surface area (Å²) in [6.07, 6.45) is -5.09. The van der Waals surface area contributed by atoms with Crippen LogP contribution in [0.15, 0.2) is 24.3 Å². The summed E-state index contributed by atoms with van der Waals surface area (Å²) in [5.41, 5.74) is -0.536. The van der Waals surface area contributed by atoms with E-state index >= 15 is 0 Å². The zero-order valence-electron chi connectivity index (χ0n) is 12.7. The number of halogens is 3. The number of carboxylic acid groups (broad SMARTS) is 1. The number of esters is 1. The summed E-state index contributed by atoms with van der Waals surface area (Å²) >= 11 is 0. The van der Waals surface area contributed by atoms with Crippen LogP contribution < -0.4 is 5.32 Å². The number of carbonyl (C=O) groups is 3. The Balaban J connectivity index is 2.62. The molecule has 1 atom stereocenters. The van der Waals surface area contributed by atoms with Crippen molar-refractivity contribution in [1.29, 1.82) is 0 Å². The van der Waals surface area contributed by atoms with Crippen molar-refractivity contribution < 1.29 is 37.4 Å². The van der Waals surface area contributed by atoms with Gasteiger partial charge in [-0.3, -0.25) is 9.59 Å². The topological polar surface area (TPSA) is 92.7 Å². The minimum Gasteiger partial charge on any atom is -0.480 e. The molecule has 0 heterocycles. The largest absolute Gasteiger partial charge is 0.480 e. The summed E-state index contributed by atoms with van der Waals surface area (Å²) in [6, 6.07) is 2.69. The number of rotatable bonds is 7. The van der Waals surface area contributed by atoms with Gasteiger partial charge in [0, 0.05) is 6.42 Å². The molecule has 1 rings (SSSR count). The minimum atomic E-state index is -4.47. The fraction of sp³-hybridized carbons (Fsp3) is 0.400. The van der Waals surface area contributed by atoms with Crippen LogP contribution in [0.5, 0.6) is 0 Å². The van der Waals surface area contributed by atoms with Crippen molar-refractivity contribution in [2.24, 2.45) is 0 Å². The highest BCUT2D eigenvalue weighted by Gasteiger charge is 2.30. The molecule has 1 aromatic rings. The quantitative estimate of drug-likeness (QED) is 0.734. The summed E-state index contributed by atoms with van der Waals surface area (Å²) in [4.78, 5) is 33.9. The maximum absolute atomic E-state index is 12.4. The van der Waals surface area contributed by atoms with Gasteiger partial charge in [0.1, 0.15) is 6.04 Å². The van der Waals surface area contributed by atoms with E-state index in [0.717, 1.165) is 31.4 Å². The normalized spacial score (nSPS) is 12.3. The maximum Gasteiger partial charge on any atom is 0.416 e. The van der Waals surface area contributed by atoms with Crippen molar-refractivity contribution in [1.82, 2.24) is 5.32 Å². The molecule has 0 spiro atoms. The first-order chi connectivity index (χ1) is 11.1. The van der Waals surface area contributed by atoms with Crippen molar-refractivity contribution >= 4 is 17.8 Å². The highest BCUT2D eigenvalue weighted by Crippen LogP contribution is 2.29. The van der Waals surface area contributed by atoms with Gasteiger partial charge in [0.25, 0.3) is 0 Å². The standard InChI is InChI=1S/C15H16F3NO5/c1-24-13(21)7-6-11(14(22)23)19-12(20)8-9-2-4-10(5-3-9)15(16,17)18/h2-5,11H,6-8H2,1H3,(H,19,20)(H,22,23)/t11-/m0/s1. The van der Waals surface area contributed by atoms with Crippen LogP contribution in [0.25, 0.3) is 0 Å². The van der Waals surface area contributed by atoms with Gasteiger partial charge in [-0.15, -0.1) is 0 Å². The van der Waals surface area contributed by atoms with Crippen molar-refractivity contribution in [3.8, 4) is 0 Å².